The number of amides is 2. The molecule has 1 aliphatic rings. The highest BCUT2D eigenvalue weighted by molar-refractivity contribution is 7.89. The number of carbonyl (C=O) groups excluding carboxylic acids is 2. The first-order valence-corrected chi connectivity index (χ1v) is 12.1. The number of nitrogens with zero attached hydrogens (tertiary/aromatic N) is 1. The molecule has 11 heteroatoms. The number of hydrazine groups is 1. The molecule has 0 aliphatic carbocycles. The monoisotopic (exact) mass is 495 g/mol. The fourth-order valence-corrected chi connectivity index (χ4v) is 5.57. The van der Waals surface area contributed by atoms with Crippen LogP contribution in [0.2, 0.25) is 5.02 Å². The Labute approximate surface area is 198 Å². The third kappa shape index (κ3) is 6.23. The van der Waals surface area contributed by atoms with E-state index in [0.717, 1.165) is 5.56 Å². The summed E-state index contributed by atoms with van der Waals surface area (Å²) in [6.07, 6.45) is -0.498. The lowest BCUT2D eigenvalue weighted by molar-refractivity contribution is -0.121. The van der Waals surface area contributed by atoms with Crippen molar-refractivity contribution in [2.24, 2.45) is 0 Å². The van der Waals surface area contributed by atoms with Crippen LogP contribution >= 0.6 is 11.6 Å². The maximum Gasteiger partial charge on any atom is 0.269 e. The molecule has 33 heavy (non-hydrogen) atoms. The number of morpholine rings is 1. The Hall–Kier alpha value is -2.66. The molecule has 178 valence electrons. The first-order chi connectivity index (χ1) is 15.6. The Bertz CT molecular complexity index is 1110. The molecule has 2 amide bonds. The lowest BCUT2D eigenvalue weighted by Gasteiger charge is -2.34. The Balaban J connectivity index is 1.67. The summed E-state index contributed by atoms with van der Waals surface area (Å²) in [5, 5.41) is 0.00175. The van der Waals surface area contributed by atoms with E-state index >= 15 is 0 Å². The van der Waals surface area contributed by atoms with Gasteiger partial charge in [-0.25, -0.2) is 8.42 Å². The normalized spacial score (nSPS) is 19.0. The number of carbonyl (C=O) groups is 2. The van der Waals surface area contributed by atoms with E-state index in [1.165, 1.54) is 22.5 Å². The van der Waals surface area contributed by atoms with Gasteiger partial charge in [-0.1, -0.05) is 23.7 Å². The van der Waals surface area contributed by atoms with Crippen LogP contribution in [0, 0.1) is 0 Å². The van der Waals surface area contributed by atoms with E-state index in [1.807, 2.05) is 0 Å². The fraction of sp³-hybridized carbons (Fsp3) is 0.364. The molecule has 0 radical (unpaired) electrons. The molecular weight excluding hydrogens is 470 g/mol. The summed E-state index contributed by atoms with van der Waals surface area (Å²) in [6.45, 7) is 3.94. The molecule has 2 aromatic carbocycles. The predicted molar refractivity (Wildman–Crippen MR) is 123 cm³/mol. The van der Waals surface area contributed by atoms with Crippen molar-refractivity contribution in [3.8, 4) is 5.75 Å². The number of halogens is 1. The molecule has 0 aromatic heterocycles. The molecule has 9 nitrogen and oxygen atoms in total. The van der Waals surface area contributed by atoms with E-state index in [1.54, 1.807) is 45.2 Å². The van der Waals surface area contributed by atoms with Gasteiger partial charge < -0.3 is 9.47 Å². The van der Waals surface area contributed by atoms with Crippen LogP contribution in [-0.4, -0.2) is 56.9 Å². The van der Waals surface area contributed by atoms with Gasteiger partial charge in [-0.2, -0.15) is 4.31 Å². The number of ether oxygens (including phenoxy) is 2. The lowest BCUT2D eigenvalue weighted by Crippen LogP contribution is -2.48. The quantitative estimate of drug-likeness (QED) is 0.593. The van der Waals surface area contributed by atoms with E-state index in [4.69, 9.17) is 21.1 Å². The maximum absolute atomic E-state index is 13.2. The number of methoxy groups -OCH3 is 1. The Morgan fingerprint density at radius 1 is 1.09 bits per heavy atom. The van der Waals surface area contributed by atoms with Gasteiger partial charge in [0.25, 0.3) is 5.91 Å². The Kier molecular flexibility index (Phi) is 7.96. The second kappa shape index (κ2) is 10.5. The Morgan fingerprint density at radius 3 is 2.33 bits per heavy atom. The van der Waals surface area contributed by atoms with Gasteiger partial charge in [-0.3, -0.25) is 20.4 Å². The van der Waals surface area contributed by atoms with Crippen molar-refractivity contribution >= 4 is 33.4 Å². The molecule has 2 unspecified atom stereocenters. The molecule has 2 N–H and O–H groups in total. The van der Waals surface area contributed by atoms with Crippen LogP contribution in [-0.2, 0) is 26.0 Å². The molecular formula is C22H26ClN3O6S. The minimum Gasteiger partial charge on any atom is -0.497 e. The van der Waals surface area contributed by atoms with Gasteiger partial charge >= 0.3 is 0 Å². The third-order valence-corrected chi connectivity index (χ3v) is 7.35. The molecule has 1 fully saturated rings. The first-order valence-electron chi connectivity index (χ1n) is 10.3. The van der Waals surface area contributed by atoms with Gasteiger partial charge in [-0.05, 0) is 49.7 Å². The maximum atomic E-state index is 13.2. The topological polar surface area (TPSA) is 114 Å². The summed E-state index contributed by atoms with van der Waals surface area (Å²) in [5.74, 6) is -0.441. The summed E-state index contributed by atoms with van der Waals surface area (Å²) in [7, 11) is -2.40. The molecule has 0 spiro atoms. The van der Waals surface area contributed by atoms with Crippen LogP contribution in [0.15, 0.2) is 47.4 Å². The van der Waals surface area contributed by atoms with Crippen LogP contribution in [0.5, 0.6) is 5.75 Å². The highest BCUT2D eigenvalue weighted by Gasteiger charge is 2.33. The molecule has 0 bridgehead atoms. The first kappa shape index (κ1) is 25.0. The molecule has 1 aliphatic heterocycles. The van der Waals surface area contributed by atoms with Crippen LogP contribution in [0.25, 0.3) is 0 Å². The van der Waals surface area contributed by atoms with E-state index in [2.05, 4.69) is 10.9 Å². The van der Waals surface area contributed by atoms with Crippen molar-refractivity contribution in [3.05, 3.63) is 58.6 Å². The van der Waals surface area contributed by atoms with Gasteiger partial charge in [0.15, 0.2) is 0 Å². The van der Waals surface area contributed by atoms with E-state index in [9.17, 15) is 18.0 Å². The van der Waals surface area contributed by atoms with Gasteiger partial charge in [0.05, 0.1) is 30.8 Å². The number of sulfonamides is 1. The SMILES string of the molecule is COc1ccc(CC(=O)NNC(=O)c2ccc(Cl)c(S(=O)(=O)N3CC(C)OC(C)C3)c2)cc1. The Morgan fingerprint density at radius 2 is 1.73 bits per heavy atom. The van der Waals surface area contributed by atoms with Crippen molar-refractivity contribution in [1.82, 2.24) is 15.2 Å². The summed E-state index contributed by atoms with van der Waals surface area (Å²) in [5.41, 5.74) is 5.40. The zero-order chi connectivity index (χ0) is 24.2. The smallest absolute Gasteiger partial charge is 0.269 e. The van der Waals surface area contributed by atoms with Crippen molar-refractivity contribution in [3.63, 3.8) is 0 Å². The van der Waals surface area contributed by atoms with Gasteiger partial charge in [0.1, 0.15) is 10.6 Å². The number of rotatable bonds is 6. The average molecular weight is 496 g/mol. The van der Waals surface area contributed by atoms with E-state index in [0.29, 0.717) is 5.75 Å². The third-order valence-electron chi connectivity index (χ3n) is 5.04. The summed E-state index contributed by atoms with van der Waals surface area (Å²) in [4.78, 5) is 24.5. The second-order valence-corrected chi connectivity index (χ2v) is 10.1. The highest BCUT2D eigenvalue weighted by atomic mass is 35.5. The molecule has 1 saturated heterocycles. The standard InChI is InChI=1S/C22H26ClN3O6S/c1-14-12-26(13-15(2)32-14)33(29,30)20-11-17(6-9-19(20)23)22(28)25-24-21(27)10-16-4-7-18(31-3)8-5-16/h4-9,11,14-15H,10,12-13H2,1-3H3,(H,24,27)(H,25,28). The van der Waals surface area contributed by atoms with Crippen LogP contribution in [0.4, 0.5) is 0 Å². The number of hydrogen-bond donors (Lipinski definition) is 2. The fourth-order valence-electron chi connectivity index (χ4n) is 3.48. The zero-order valence-corrected chi connectivity index (χ0v) is 20.1. The zero-order valence-electron chi connectivity index (χ0n) is 18.5. The minimum atomic E-state index is -3.95. The van der Waals surface area contributed by atoms with Crippen molar-refractivity contribution < 1.29 is 27.5 Å². The van der Waals surface area contributed by atoms with Crippen LogP contribution < -0.4 is 15.6 Å². The molecule has 2 atom stereocenters. The average Bonchev–Trinajstić information content (AvgIpc) is 2.77. The number of hydrogen-bond acceptors (Lipinski definition) is 6. The van der Waals surface area contributed by atoms with Crippen molar-refractivity contribution in [1.29, 1.82) is 0 Å². The van der Waals surface area contributed by atoms with Crippen molar-refractivity contribution in [2.45, 2.75) is 37.4 Å². The molecule has 1 heterocycles. The highest BCUT2D eigenvalue weighted by Crippen LogP contribution is 2.28. The van der Waals surface area contributed by atoms with Crippen molar-refractivity contribution in [2.75, 3.05) is 20.2 Å². The molecule has 3 rings (SSSR count). The van der Waals surface area contributed by atoms with E-state index < -0.39 is 21.8 Å². The second-order valence-electron chi connectivity index (χ2n) is 7.75. The number of nitrogens with one attached hydrogen (secondary N) is 2. The van der Waals surface area contributed by atoms with Crippen LogP contribution in [0.3, 0.4) is 0 Å². The van der Waals surface area contributed by atoms with Gasteiger partial charge in [-0.15, -0.1) is 0 Å². The summed E-state index contributed by atoms with van der Waals surface area (Å²) < 4.78 is 38.3. The lowest BCUT2D eigenvalue weighted by atomic mass is 10.1. The number of benzene rings is 2. The predicted octanol–water partition coefficient (Wildman–Crippen LogP) is 2.15. The van der Waals surface area contributed by atoms with Crippen LogP contribution in [0.1, 0.15) is 29.8 Å². The van der Waals surface area contributed by atoms with Gasteiger partial charge in [0.2, 0.25) is 15.9 Å². The molecule has 0 saturated carbocycles. The largest absolute Gasteiger partial charge is 0.497 e. The minimum absolute atomic E-state index is 0.00175. The van der Waals surface area contributed by atoms with E-state index in [-0.39, 0.29) is 47.2 Å². The van der Waals surface area contributed by atoms with Gasteiger partial charge in [0, 0.05) is 18.7 Å². The summed E-state index contributed by atoms with van der Waals surface area (Å²) in [6, 6.07) is 10.9. The molecule has 2 aromatic rings. The summed E-state index contributed by atoms with van der Waals surface area (Å²) >= 11 is 6.17.